The van der Waals surface area contributed by atoms with E-state index in [0.29, 0.717) is 6.04 Å². The Morgan fingerprint density at radius 3 is 2.80 bits per heavy atom. The van der Waals surface area contributed by atoms with Crippen LogP contribution in [0.3, 0.4) is 0 Å². The van der Waals surface area contributed by atoms with Gasteiger partial charge < -0.3 is 5.32 Å². The molecule has 1 aromatic rings. The summed E-state index contributed by atoms with van der Waals surface area (Å²) in [5.41, 5.74) is 2.37. The fraction of sp³-hybridized carbons (Fsp3) is 0.583. The van der Waals surface area contributed by atoms with Crippen molar-refractivity contribution in [3.63, 3.8) is 0 Å². The SMILES string of the molecule is CC#CCCC(NC)c1cn(C)nc1C. The van der Waals surface area contributed by atoms with E-state index in [1.807, 2.05) is 32.6 Å². The van der Waals surface area contributed by atoms with E-state index in [9.17, 15) is 0 Å². The standard InChI is InChI=1S/C12H19N3/c1-5-6-7-8-12(13-3)11-9-15(4)14-10(11)2/h9,12-13H,7-8H2,1-4H3. The molecule has 0 aliphatic heterocycles. The van der Waals surface area contributed by atoms with Gasteiger partial charge in [-0.05, 0) is 27.3 Å². The van der Waals surface area contributed by atoms with Crippen molar-refractivity contribution in [1.82, 2.24) is 15.1 Å². The molecule has 0 aliphatic carbocycles. The van der Waals surface area contributed by atoms with E-state index in [1.54, 1.807) is 0 Å². The van der Waals surface area contributed by atoms with Gasteiger partial charge in [0.25, 0.3) is 0 Å². The molecular weight excluding hydrogens is 186 g/mol. The van der Waals surface area contributed by atoms with E-state index in [4.69, 9.17) is 0 Å². The van der Waals surface area contributed by atoms with Crippen LogP contribution in [0.2, 0.25) is 0 Å². The zero-order chi connectivity index (χ0) is 11.3. The van der Waals surface area contributed by atoms with Crippen LogP contribution in [-0.2, 0) is 7.05 Å². The molecule has 0 bridgehead atoms. The molecule has 82 valence electrons. The zero-order valence-corrected chi connectivity index (χ0v) is 9.96. The second-order valence-electron chi connectivity index (χ2n) is 3.65. The van der Waals surface area contributed by atoms with Crippen LogP contribution < -0.4 is 5.32 Å². The summed E-state index contributed by atoms with van der Waals surface area (Å²) in [5.74, 6) is 6.01. The molecule has 0 amide bonds. The maximum absolute atomic E-state index is 4.35. The maximum atomic E-state index is 4.35. The largest absolute Gasteiger partial charge is 0.313 e. The highest BCUT2D eigenvalue weighted by molar-refractivity contribution is 5.20. The van der Waals surface area contributed by atoms with Crippen LogP contribution >= 0.6 is 0 Å². The number of rotatable bonds is 4. The molecule has 1 heterocycles. The summed E-state index contributed by atoms with van der Waals surface area (Å²) < 4.78 is 1.86. The van der Waals surface area contributed by atoms with Crippen LogP contribution in [0.15, 0.2) is 6.20 Å². The number of aromatic nitrogens is 2. The number of hydrogen-bond acceptors (Lipinski definition) is 2. The summed E-state index contributed by atoms with van der Waals surface area (Å²) in [4.78, 5) is 0. The van der Waals surface area contributed by atoms with Gasteiger partial charge in [0.2, 0.25) is 0 Å². The second-order valence-corrected chi connectivity index (χ2v) is 3.65. The van der Waals surface area contributed by atoms with Crippen molar-refractivity contribution in [3.8, 4) is 11.8 Å². The molecule has 0 saturated carbocycles. The smallest absolute Gasteiger partial charge is 0.0641 e. The molecule has 0 aliphatic rings. The van der Waals surface area contributed by atoms with Gasteiger partial charge in [-0.15, -0.1) is 11.8 Å². The third-order valence-corrected chi connectivity index (χ3v) is 2.51. The Morgan fingerprint density at radius 1 is 1.60 bits per heavy atom. The predicted molar refractivity (Wildman–Crippen MR) is 62.4 cm³/mol. The Kier molecular flexibility index (Phi) is 4.38. The summed E-state index contributed by atoms with van der Waals surface area (Å²) in [6, 6.07) is 0.361. The van der Waals surface area contributed by atoms with Gasteiger partial charge in [0.1, 0.15) is 0 Å². The van der Waals surface area contributed by atoms with Crippen LogP contribution in [-0.4, -0.2) is 16.8 Å². The van der Waals surface area contributed by atoms with Gasteiger partial charge in [0, 0.05) is 31.3 Å². The molecule has 1 aromatic heterocycles. The summed E-state index contributed by atoms with van der Waals surface area (Å²) in [7, 11) is 3.94. The first-order chi connectivity index (χ1) is 7.19. The topological polar surface area (TPSA) is 29.9 Å². The molecule has 1 rings (SSSR count). The van der Waals surface area contributed by atoms with E-state index < -0.39 is 0 Å². The van der Waals surface area contributed by atoms with Crippen molar-refractivity contribution in [1.29, 1.82) is 0 Å². The average Bonchev–Trinajstić information content (AvgIpc) is 2.53. The highest BCUT2D eigenvalue weighted by Gasteiger charge is 2.13. The Bertz CT molecular complexity index is 368. The first-order valence-electron chi connectivity index (χ1n) is 5.26. The van der Waals surface area contributed by atoms with E-state index in [1.165, 1.54) is 5.56 Å². The molecule has 0 radical (unpaired) electrons. The molecule has 3 heteroatoms. The van der Waals surface area contributed by atoms with E-state index in [0.717, 1.165) is 18.5 Å². The van der Waals surface area contributed by atoms with Crippen molar-refractivity contribution in [3.05, 3.63) is 17.5 Å². The van der Waals surface area contributed by atoms with Gasteiger partial charge in [0.05, 0.1) is 5.69 Å². The van der Waals surface area contributed by atoms with Gasteiger partial charge >= 0.3 is 0 Å². The van der Waals surface area contributed by atoms with Gasteiger partial charge in [-0.1, -0.05) is 0 Å². The number of hydrogen-bond donors (Lipinski definition) is 1. The van der Waals surface area contributed by atoms with Crippen molar-refractivity contribution >= 4 is 0 Å². The van der Waals surface area contributed by atoms with Crippen LogP contribution in [0.5, 0.6) is 0 Å². The number of aryl methyl sites for hydroxylation is 2. The lowest BCUT2D eigenvalue weighted by Gasteiger charge is -2.13. The maximum Gasteiger partial charge on any atom is 0.0641 e. The van der Waals surface area contributed by atoms with Crippen molar-refractivity contribution in [2.45, 2.75) is 32.7 Å². The van der Waals surface area contributed by atoms with Crippen LogP contribution in [0.25, 0.3) is 0 Å². The fourth-order valence-electron chi connectivity index (χ4n) is 1.76. The molecule has 0 saturated heterocycles. The first kappa shape index (κ1) is 11.8. The summed E-state index contributed by atoms with van der Waals surface area (Å²) in [6.07, 6.45) is 4.04. The molecule has 15 heavy (non-hydrogen) atoms. The van der Waals surface area contributed by atoms with Crippen molar-refractivity contribution < 1.29 is 0 Å². The molecule has 0 aromatic carbocycles. The summed E-state index contributed by atoms with van der Waals surface area (Å²) >= 11 is 0. The minimum absolute atomic E-state index is 0.361. The number of nitrogens with one attached hydrogen (secondary N) is 1. The zero-order valence-electron chi connectivity index (χ0n) is 9.96. The van der Waals surface area contributed by atoms with Crippen LogP contribution in [0, 0.1) is 18.8 Å². The molecule has 1 N–H and O–H groups in total. The summed E-state index contributed by atoms with van der Waals surface area (Å²) in [5, 5.41) is 7.66. The highest BCUT2D eigenvalue weighted by atomic mass is 15.3. The Balaban J connectivity index is 2.72. The Hall–Kier alpha value is -1.27. The lowest BCUT2D eigenvalue weighted by molar-refractivity contribution is 0.555. The monoisotopic (exact) mass is 205 g/mol. The minimum atomic E-state index is 0.361. The third-order valence-electron chi connectivity index (χ3n) is 2.51. The van der Waals surface area contributed by atoms with Crippen molar-refractivity contribution in [2.75, 3.05) is 7.05 Å². The Labute approximate surface area is 91.9 Å². The first-order valence-corrected chi connectivity index (χ1v) is 5.26. The Morgan fingerprint density at radius 2 is 2.33 bits per heavy atom. The quantitative estimate of drug-likeness (QED) is 0.759. The van der Waals surface area contributed by atoms with Crippen LogP contribution in [0.1, 0.15) is 37.1 Å². The highest BCUT2D eigenvalue weighted by Crippen LogP contribution is 2.20. The molecule has 0 fully saturated rings. The molecule has 3 nitrogen and oxygen atoms in total. The normalized spacial score (nSPS) is 12.0. The van der Waals surface area contributed by atoms with Gasteiger partial charge in [-0.3, -0.25) is 4.68 Å². The average molecular weight is 205 g/mol. The lowest BCUT2D eigenvalue weighted by atomic mass is 10.0. The van der Waals surface area contributed by atoms with Gasteiger partial charge in [0.15, 0.2) is 0 Å². The molecular formula is C12H19N3. The molecule has 1 unspecified atom stereocenters. The lowest BCUT2D eigenvalue weighted by Crippen LogP contribution is -2.16. The van der Waals surface area contributed by atoms with E-state index in [2.05, 4.69) is 28.5 Å². The second kappa shape index (κ2) is 5.57. The predicted octanol–water partition coefficient (Wildman–Crippen LogP) is 1.79. The molecule has 1 atom stereocenters. The van der Waals surface area contributed by atoms with Crippen LogP contribution in [0.4, 0.5) is 0 Å². The molecule has 0 spiro atoms. The van der Waals surface area contributed by atoms with Gasteiger partial charge in [-0.2, -0.15) is 5.10 Å². The summed E-state index contributed by atoms with van der Waals surface area (Å²) in [6.45, 7) is 3.93. The third kappa shape index (κ3) is 3.10. The minimum Gasteiger partial charge on any atom is -0.313 e. The van der Waals surface area contributed by atoms with Gasteiger partial charge in [-0.25, -0.2) is 0 Å². The fourth-order valence-corrected chi connectivity index (χ4v) is 1.76. The van der Waals surface area contributed by atoms with Crippen molar-refractivity contribution in [2.24, 2.45) is 7.05 Å². The van der Waals surface area contributed by atoms with E-state index in [-0.39, 0.29) is 0 Å². The van der Waals surface area contributed by atoms with E-state index >= 15 is 0 Å². The number of nitrogens with zero attached hydrogens (tertiary/aromatic N) is 2.